The third kappa shape index (κ3) is 1.48. The Morgan fingerprint density at radius 1 is 1.55 bits per heavy atom. The van der Waals surface area contributed by atoms with Gasteiger partial charge in [0.05, 0.1) is 11.6 Å². The summed E-state index contributed by atoms with van der Waals surface area (Å²) >= 11 is 11.5. The second-order valence-electron chi connectivity index (χ2n) is 2.35. The lowest BCUT2D eigenvalue weighted by atomic mass is 10.2. The fourth-order valence-corrected chi connectivity index (χ4v) is 1.37. The van der Waals surface area contributed by atoms with Gasteiger partial charge in [0.2, 0.25) is 0 Å². The number of ether oxygens (including phenoxy) is 1. The second-order valence-corrected chi connectivity index (χ2v) is 3.14. The summed E-state index contributed by atoms with van der Waals surface area (Å²) in [5.74, 6) is 0. The van der Waals surface area contributed by atoms with Gasteiger partial charge in [-0.15, -0.1) is 0 Å². The first kappa shape index (κ1) is 7.35. The van der Waals surface area contributed by atoms with Crippen molar-refractivity contribution in [3.63, 3.8) is 0 Å². The van der Waals surface area contributed by atoms with Crippen molar-refractivity contribution in [1.29, 1.82) is 0 Å². The van der Waals surface area contributed by atoms with Crippen LogP contribution < -0.4 is 0 Å². The van der Waals surface area contributed by atoms with E-state index in [2.05, 4.69) is 4.98 Å². The van der Waals surface area contributed by atoms with Crippen LogP contribution in [0.3, 0.4) is 0 Å². The van der Waals surface area contributed by atoms with E-state index in [1.54, 1.807) is 12.3 Å². The zero-order valence-electron chi connectivity index (χ0n) is 5.55. The molecule has 2 rings (SSSR count). The van der Waals surface area contributed by atoms with Gasteiger partial charge in [-0.1, -0.05) is 23.2 Å². The molecule has 1 aliphatic rings. The molecule has 2 nitrogen and oxygen atoms in total. The Hall–Kier alpha value is -0.310. The third-order valence-electron chi connectivity index (χ3n) is 1.53. The van der Waals surface area contributed by atoms with E-state index in [0.29, 0.717) is 10.2 Å². The molecule has 0 spiro atoms. The predicted molar refractivity (Wildman–Crippen MR) is 43.0 cm³/mol. The summed E-state index contributed by atoms with van der Waals surface area (Å²) in [5.41, 5.74) is 0.927. The Kier molecular flexibility index (Phi) is 1.75. The largest absolute Gasteiger partial charge is 0.368 e. The number of aromatic nitrogens is 1. The van der Waals surface area contributed by atoms with Crippen LogP contribution >= 0.6 is 23.2 Å². The first-order valence-corrected chi connectivity index (χ1v) is 3.95. The molecule has 1 aromatic rings. The summed E-state index contributed by atoms with van der Waals surface area (Å²) in [5, 5.41) is 1.05. The van der Waals surface area contributed by atoms with Crippen LogP contribution in [0.4, 0.5) is 0 Å². The molecule has 0 N–H and O–H groups in total. The van der Waals surface area contributed by atoms with Gasteiger partial charge in [-0.2, -0.15) is 0 Å². The predicted octanol–water partition coefficient (Wildman–Crippen LogP) is 2.46. The Labute approximate surface area is 74.1 Å². The van der Waals surface area contributed by atoms with Crippen molar-refractivity contribution in [2.75, 3.05) is 6.61 Å². The van der Waals surface area contributed by atoms with E-state index >= 15 is 0 Å². The summed E-state index contributed by atoms with van der Waals surface area (Å²) in [4.78, 5) is 3.90. The number of nitrogens with zero attached hydrogens (tertiary/aromatic N) is 1. The molecule has 0 unspecified atom stereocenters. The van der Waals surface area contributed by atoms with Gasteiger partial charge in [0.15, 0.2) is 0 Å². The van der Waals surface area contributed by atoms with E-state index in [1.807, 2.05) is 0 Å². The summed E-state index contributed by atoms with van der Waals surface area (Å²) in [6.45, 7) is 0.739. The van der Waals surface area contributed by atoms with Crippen molar-refractivity contribution in [3.8, 4) is 0 Å². The van der Waals surface area contributed by atoms with Crippen LogP contribution in [0.15, 0.2) is 12.3 Å². The van der Waals surface area contributed by atoms with Gasteiger partial charge >= 0.3 is 0 Å². The minimum Gasteiger partial charge on any atom is -0.368 e. The molecule has 0 aromatic carbocycles. The summed E-state index contributed by atoms with van der Waals surface area (Å²) < 4.78 is 5.05. The van der Waals surface area contributed by atoms with Crippen molar-refractivity contribution in [2.24, 2.45) is 0 Å². The molecule has 0 saturated carbocycles. The topological polar surface area (TPSA) is 25.4 Å². The maximum absolute atomic E-state index is 5.86. The molecule has 1 atom stereocenters. The van der Waals surface area contributed by atoms with Gasteiger partial charge in [0.25, 0.3) is 0 Å². The van der Waals surface area contributed by atoms with Gasteiger partial charge < -0.3 is 4.74 Å². The summed E-state index contributed by atoms with van der Waals surface area (Å²) in [7, 11) is 0. The molecule has 4 heteroatoms. The highest BCUT2D eigenvalue weighted by Gasteiger charge is 2.27. The normalized spacial score (nSPS) is 21.8. The number of epoxide rings is 1. The monoisotopic (exact) mass is 189 g/mol. The van der Waals surface area contributed by atoms with E-state index in [4.69, 9.17) is 27.9 Å². The number of hydrogen-bond acceptors (Lipinski definition) is 2. The molecule has 11 heavy (non-hydrogen) atoms. The Morgan fingerprint density at radius 3 is 2.82 bits per heavy atom. The summed E-state index contributed by atoms with van der Waals surface area (Å²) in [6.07, 6.45) is 1.80. The number of rotatable bonds is 1. The van der Waals surface area contributed by atoms with Crippen LogP contribution in [0.2, 0.25) is 10.2 Å². The first-order valence-electron chi connectivity index (χ1n) is 3.20. The van der Waals surface area contributed by atoms with Gasteiger partial charge in [-0.05, 0) is 6.07 Å². The van der Waals surface area contributed by atoms with Crippen LogP contribution in [0.25, 0.3) is 0 Å². The lowest BCUT2D eigenvalue weighted by molar-refractivity contribution is 0.415. The number of hydrogen-bond donors (Lipinski definition) is 0. The zero-order valence-corrected chi connectivity index (χ0v) is 7.06. The molecular weight excluding hydrogens is 185 g/mol. The van der Waals surface area contributed by atoms with Crippen LogP contribution in [-0.2, 0) is 4.74 Å². The van der Waals surface area contributed by atoms with E-state index in [-0.39, 0.29) is 6.10 Å². The SMILES string of the molecule is Clc1cc(Cl)c([C@H]2CO2)cn1. The minimum absolute atomic E-state index is 0.146. The second kappa shape index (κ2) is 2.63. The quantitative estimate of drug-likeness (QED) is 0.502. The molecule has 0 amide bonds. The van der Waals surface area contributed by atoms with Crippen molar-refractivity contribution in [2.45, 2.75) is 6.10 Å². The molecular formula is C7H5Cl2NO. The van der Waals surface area contributed by atoms with E-state index in [9.17, 15) is 0 Å². The Balaban J connectivity index is 2.39. The summed E-state index contributed by atoms with van der Waals surface area (Å²) in [6, 6.07) is 1.63. The first-order chi connectivity index (χ1) is 5.27. The van der Waals surface area contributed by atoms with Crippen LogP contribution in [-0.4, -0.2) is 11.6 Å². The lowest BCUT2D eigenvalue weighted by Gasteiger charge is -1.97. The molecule has 0 aliphatic carbocycles. The number of halogens is 2. The van der Waals surface area contributed by atoms with Crippen molar-refractivity contribution in [1.82, 2.24) is 4.98 Å². The minimum atomic E-state index is 0.146. The maximum atomic E-state index is 5.86. The smallest absolute Gasteiger partial charge is 0.130 e. The van der Waals surface area contributed by atoms with Crippen molar-refractivity contribution >= 4 is 23.2 Å². The molecule has 58 valence electrons. The van der Waals surface area contributed by atoms with Gasteiger partial charge in [0.1, 0.15) is 11.3 Å². The molecule has 0 bridgehead atoms. The van der Waals surface area contributed by atoms with Gasteiger partial charge in [0, 0.05) is 11.8 Å². The lowest BCUT2D eigenvalue weighted by Crippen LogP contribution is -1.85. The van der Waals surface area contributed by atoms with E-state index in [0.717, 1.165) is 12.2 Å². The van der Waals surface area contributed by atoms with E-state index in [1.165, 1.54) is 0 Å². The van der Waals surface area contributed by atoms with Crippen molar-refractivity contribution < 1.29 is 4.74 Å². The van der Waals surface area contributed by atoms with Gasteiger partial charge in [-0.3, -0.25) is 0 Å². The zero-order chi connectivity index (χ0) is 7.84. The average Bonchev–Trinajstić information content (AvgIpc) is 2.70. The molecule has 2 heterocycles. The van der Waals surface area contributed by atoms with Crippen molar-refractivity contribution in [3.05, 3.63) is 28.0 Å². The molecule has 1 fully saturated rings. The van der Waals surface area contributed by atoms with Crippen LogP contribution in [0.5, 0.6) is 0 Å². The highest BCUT2D eigenvalue weighted by atomic mass is 35.5. The van der Waals surface area contributed by atoms with Gasteiger partial charge in [-0.25, -0.2) is 4.98 Å². The Morgan fingerprint density at radius 2 is 2.27 bits per heavy atom. The van der Waals surface area contributed by atoms with E-state index < -0.39 is 0 Å². The fourth-order valence-electron chi connectivity index (χ4n) is 0.883. The average molecular weight is 190 g/mol. The molecule has 1 aliphatic heterocycles. The maximum Gasteiger partial charge on any atom is 0.130 e. The van der Waals surface area contributed by atoms with Crippen LogP contribution in [0.1, 0.15) is 11.7 Å². The molecule has 1 aromatic heterocycles. The third-order valence-corrected chi connectivity index (χ3v) is 2.06. The fraction of sp³-hybridized carbons (Fsp3) is 0.286. The highest BCUT2D eigenvalue weighted by Crippen LogP contribution is 2.34. The standard InChI is InChI=1S/C7H5Cl2NO/c8-5-1-7(9)10-2-4(5)6-3-11-6/h1-2,6H,3H2/t6-/m1/s1. The number of pyridine rings is 1. The molecule has 1 saturated heterocycles. The van der Waals surface area contributed by atoms with Crippen LogP contribution in [0, 0.1) is 0 Å². The highest BCUT2D eigenvalue weighted by molar-refractivity contribution is 6.34. The molecule has 0 radical (unpaired) electrons. The Bertz CT molecular complexity index is 286.